The lowest BCUT2D eigenvalue weighted by Gasteiger charge is -2.50. The molecule has 1 saturated carbocycles. The number of primary amides is 1. The number of phenols is 1. The number of nitrogens with two attached hydrogens (primary N) is 1. The summed E-state index contributed by atoms with van der Waals surface area (Å²) < 4.78 is 41.2. The van der Waals surface area contributed by atoms with Gasteiger partial charge in [-0.1, -0.05) is 0 Å². The third kappa shape index (κ3) is 5.53. The number of ether oxygens (including phenoxy) is 1. The number of likely N-dealkylation sites (N-methyl/N-ethyl adjacent to an activating group) is 1. The summed E-state index contributed by atoms with van der Waals surface area (Å²) >= 11 is 0. The summed E-state index contributed by atoms with van der Waals surface area (Å²) in [6.07, 6.45) is -4.99. The maximum Gasteiger partial charge on any atom is 0.573 e. The van der Waals surface area contributed by atoms with Gasteiger partial charge in [-0.2, -0.15) is 0 Å². The zero-order valence-corrected chi connectivity index (χ0v) is 26.0. The molecule has 0 aromatic heterocycles. The molecule has 17 heteroatoms. The van der Waals surface area contributed by atoms with Gasteiger partial charge in [0.2, 0.25) is 5.78 Å². The molecular formula is C31H32F3N5O9. The Bertz CT molecular complexity index is 1800. The highest BCUT2D eigenvalue weighted by Crippen LogP contribution is 2.54. The zero-order valence-electron chi connectivity index (χ0n) is 26.0. The van der Waals surface area contributed by atoms with Crippen molar-refractivity contribution in [1.82, 2.24) is 4.90 Å². The Labute approximate surface area is 270 Å². The van der Waals surface area contributed by atoms with Crippen molar-refractivity contribution in [3.8, 4) is 11.5 Å². The second-order valence-electron chi connectivity index (χ2n) is 12.2. The number of aliphatic hydroxyl groups excluding tert-OH is 2. The van der Waals surface area contributed by atoms with Crippen LogP contribution in [0.1, 0.15) is 17.5 Å². The summed E-state index contributed by atoms with van der Waals surface area (Å²) in [6.45, 7) is 0. The van der Waals surface area contributed by atoms with Crippen LogP contribution in [0.3, 0.4) is 0 Å². The minimum Gasteiger partial charge on any atom is -0.508 e. The number of hydrogen-bond acceptors (Lipinski definition) is 11. The number of carbonyl (C=O) groups is 4. The van der Waals surface area contributed by atoms with Gasteiger partial charge in [-0.3, -0.25) is 19.3 Å². The number of benzene rings is 2. The minimum atomic E-state index is -4.91. The standard InChI is InChI=1S/C31H32F3N5O9/c1-38(2)18-11-17(37-29(46)36-13-5-7-14(8-6-13)48-31(32,33)34)23(40)20-15(18)9-12-10-16-22(39(3)4)25(42)21(28(35)45)27(44)30(16,47)26(43)19(12)24(20)41/h5-8,11-12,16,22,40-41,44,47H,9-10H2,1-4H3,(H2,35,45)(H2,36,37,46)/t12-,16-,22-,30-/m1/s1. The number of hydrogen-bond donors (Lipinski definition) is 7. The average Bonchev–Trinajstić information content (AvgIpc) is 2.96. The van der Waals surface area contributed by atoms with E-state index in [0.29, 0.717) is 11.3 Å². The van der Waals surface area contributed by atoms with Crippen molar-refractivity contribution >= 4 is 46.3 Å². The summed E-state index contributed by atoms with van der Waals surface area (Å²) in [5, 5.41) is 50.5. The van der Waals surface area contributed by atoms with Crippen molar-refractivity contribution in [1.29, 1.82) is 0 Å². The molecule has 0 spiro atoms. The second kappa shape index (κ2) is 11.7. The maximum absolute atomic E-state index is 14.1. The number of aromatic hydroxyl groups is 1. The van der Waals surface area contributed by atoms with E-state index in [2.05, 4.69) is 15.4 Å². The number of amides is 3. The third-order valence-electron chi connectivity index (χ3n) is 8.77. The molecule has 1 fully saturated rings. The Morgan fingerprint density at radius 2 is 1.67 bits per heavy atom. The van der Waals surface area contributed by atoms with Gasteiger partial charge in [-0.25, -0.2) is 4.79 Å². The number of anilines is 3. The Kier molecular flexibility index (Phi) is 8.33. The quantitative estimate of drug-likeness (QED) is 0.175. The number of rotatable bonds is 6. The van der Waals surface area contributed by atoms with E-state index in [1.54, 1.807) is 19.0 Å². The van der Waals surface area contributed by atoms with Crippen molar-refractivity contribution in [2.24, 2.45) is 17.6 Å². The molecule has 256 valence electrons. The van der Waals surface area contributed by atoms with Crippen LogP contribution >= 0.6 is 0 Å². The van der Waals surface area contributed by atoms with Crippen LogP contribution in [0.15, 0.2) is 47.2 Å². The molecule has 3 aliphatic carbocycles. The predicted molar refractivity (Wildman–Crippen MR) is 164 cm³/mol. The number of aliphatic hydroxyl groups is 3. The van der Waals surface area contributed by atoms with Crippen LogP contribution in [0.2, 0.25) is 0 Å². The van der Waals surface area contributed by atoms with Gasteiger partial charge >= 0.3 is 12.4 Å². The zero-order chi connectivity index (χ0) is 35.6. The van der Waals surface area contributed by atoms with Crippen LogP contribution in [0.25, 0.3) is 5.76 Å². The molecule has 8 N–H and O–H groups in total. The van der Waals surface area contributed by atoms with Crippen molar-refractivity contribution in [3.05, 3.63) is 58.4 Å². The number of phenolic OH excluding ortho intramolecular Hbond substituents is 1. The molecule has 0 heterocycles. The van der Waals surface area contributed by atoms with Crippen molar-refractivity contribution in [2.45, 2.75) is 30.8 Å². The Balaban J connectivity index is 1.55. The molecule has 5 rings (SSSR count). The Morgan fingerprint density at radius 3 is 2.21 bits per heavy atom. The van der Waals surface area contributed by atoms with Gasteiger partial charge in [-0.15, -0.1) is 13.2 Å². The molecule has 4 atom stereocenters. The van der Waals surface area contributed by atoms with Gasteiger partial charge in [0.05, 0.1) is 17.3 Å². The van der Waals surface area contributed by atoms with Gasteiger partial charge in [0.25, 0.3) is 5.91 Å². The lowest BCUT2D eigenvalue weighted by Crippen LogP contribution is -2.65. The summed E-state index contributed by atoms with van der Waals surface area (Å²) in [7, 11) is 6.30. The highest BCUT2D eigenvalue weighted by Gasteiger charge is 2.64. The lowest BCUT2D eigenvalue weighted by atomic mass is 9.57. The number of nitrogens with one attached hydrogen (secondary N) is 2. The molecule has 14 nitrogen and oxygen atoms in total. The number of Topliss-reactive ketones (excluding diaryl/α,β-unsaturated/α-hetero) is 2. The molecule has 3 aliphatic rings. The fraction of sp³-hybridized carbons (Fsp3) is 0.355. The van der Waals surface area contributed by atoms with Gasteiger partial charge in [0.1, 0.15) is 22.8 Å². The second-order valence-corrected chi connectivity index (χ2v) is 12.2. The van der Waals surface area contributed by atoms with Crippen LogP contribution in [0.5, 0.6) is 11.5 Å². The average molecular weight is 676 g/mol. The van der Waals surface area contributed by atoms with E-state index in [4.69, 9.17) is 5.73 Å². The van der Waals surface area contributed by atoms with Crippen LogP contribution in [-0.2, 0) is 20.8 Å². The highest BCUT2D eigenvalue weighted by atomic mass is 19.4. The SMILES string of the molecule is CN(C)c1cc(NC(=O)Nc2ccc(OC(F)(F)F)cc2)c(O)c2c1C[C@@H]1C[C@@H]3[C@@H](N(C)C)C(=O)C(C(N)=O)=C(O)[C@]3(O)C(=O)C1=C2O. The molecular weight excluding hydrogens is 643 g/mol. The number of nitrogens with zero attached hydrogens (tertiary/aromatic N) is 2. The number of carbonyl (C=O) groups excluding carboxylic acids is 4. The molecule has 2 aromatic carbocycles. The van der Waals surface area contributed by atoms with E-state index in [-0.39, 0.29) is 35.4 Å². The van der Waals surface area contributed by atoms with Gasteiger partial charge in [-0.05, 0) is 68.8 Å². The smallest absolute Gasteiger partial charge is 0.508 e. The minimum absolute atomic E-state index is 0.0223. The number of ketones is 2. The normalized spacial score (nSPS) is 23.7. The fourth-order valence-electron chi connectivity index (χ4n) is 6.81. The summed E-state index contributed by atoms with van der Waals surface area (Å²) in [5.41, 5.74) is 1.60. The number of alkyl halides is 3. The summed E-state index contributed by atoms with van der Waals surface area (Å²) in [6, 6.07) is 3.50. The first-order valence-electron chi connectivity index (χ1n) is 14.4. The number of halogens is 3. The number of urea groups is 1. The van der Waals surface area contributed by atoms with Crippen LogP contribution < -0.4 is 26.0 Å². The maximum atomic E-state index is 14.1. The van der Waals surface area contributed by atoms with E-state index in [1.165, 1.54) is 25.1 Å². The summed E-state index contributed by atoms with van der Waals surface area (Å²) in [4.78, 5) is 55.5. The lowest BCUT2D eigenvalue weighted by molar-refractivity contribution is -0.274. The first-order chi connectivity index (χ1) is 22.3. The van der Waals surface area contributed by atoms with Crippen molar-refractivity contribution in [3.63, 3.8) is 0 Å². The van der Waals surface area contributed by atoms with Crippen LogP contribution in [-0.4, -0.2) is 95.0 Å². The van der Waals surface area contributed by atoms with Crippen LogP contribution in [0, 0.1) is 11.8 Å². The number of fused-ring (bicyclic) bond motifs is 3. The molecule has 0 bridgehead atoms. The van der Waals surface area contributed by atoms with E-state index in [9.17, 15) is 52.8 Å². The fourth-order valence-corrected chi connectivity index (χ4v) is 6.81. The third-order valence-corrected chi connectivity index (χ3v) is 8.77. The highest BCUT2D eigenvalue weighted by molar-refractivity contribution is 6.24. The van der Waals surface area contributed by atoms with E-state index >= 15 is 0 Å². The monoisotopic (exact) mass is 675 g/mol. The van der Waals surface area contributed by atoms with Gasteiger partial charge < -0.3 is 46.4 Å². The van der Waals surface area contributed by atoms with Gasteiger partial charge in [0.15, 0.2) is 17.1 Å². The molecule has 48 heavy (non-hydrogen) atoms. The summed E-state index contributed by atoms with van der Waals surface area (Å²) in [5.74, 6) is -8.62. The van der Waals surface area contributed by atoms with Crippen molar-refractivity contribution in [2.75, 3.05) is 43.7 Å². The van der Waals surface area contributed by atoms with Gasteiger partial charge in [0, 0.05) is 37.0 Å². The molecule has 0 radical (unpaired) electrons. The van der Waals surface area contributed by atoms with E-state index in [1.807, 2.05) is 0 Å². The first-order valence-corrected chi connectivity index (χ1v) is 14.4. The molecule has 0 saturated heterocycles. The predicted octanol–water partition coefficient (Wildman–Crippen LogP) is 2.57. The van der Waals surface area contributed by atoms with E-state index in [0.717, 1.165) is 24.3 Å². The molecule has 0 aliphatic heterocycles. The van der Waals surface area contributed by atoms with E-state index < -0.39 is 81.9 Å². The molecule has 0 unspecified atom stereocenters. The largest absolute Gasteiger partial charge is 0.573 e. The Morgan fingerprint density at radius 1 is 1.04 bits per heavy atom. The first kappa shape index (κ1) is 34.1. The van der Waals surface area contributed by atoms with Crippen molar-refractivity contribution < 1.29 is 57.5 Å². The Hall–Kier alpha value is -5.29. The molecule has 2 aromatic rings. The topological polar surface area (TPSA) is 215 Å². The molecule has 3 amide bonds. The van der Waals surface area contributed by atoms with Crippen LogP contribution in [0.4, 0.5) is 35.0 Å².